The summed E-state index contributed by atoms with van der Waals surface area (Å²) >= 11 is 1.85. The van der Waals surface area contributed by atoms with Crippen LogP contribution in [-0.2, 0) is 10.2 Å². The van der Waals surface area contributed by atoms with Crippen molar-refractivity contribution in [1.82, 2.24) is 19.4 Å². The predicted octanol–water partition coefficient (Wildman–Crippen LogP) is 4.11. The molecular formula is C29H33FN4O4S. The van der Waals surface area contributed by atoms with Crippen LogP contribution in [0, 0.1) is 5.82 Å². The first-order valence-electron chi connectivity index (χ1n) is 13.8. The zero-order valence-electron chi connectivity index (χ0n) is 22.0. The van der Waals surface area contributed by atoms with Crippen molar-refractivity contribution in [2.24, 2.45) is 0 Å². The van der Waals surface area contributed by atoms with Crippen molar-refractivity contribution in [3.63, 3.8) is 0 Å². The van der Waals surface area contributed by atoms with Crippen LogP contribution in [0.4, 0.5) is 4.39 Å². The molecule has 1 N–H and O–H groups in total. The van der Waals surface area contributed by atoms with Gasteiger partial charge in [-0.2, -0.15) is 11.8 Å². The van der Waals surface area contributed by atoms with Crippen LogP contribution in [0.1, 0.15) is 69.0 Å². The molecule has 206 valence electrons. The Hall–Kier alpha value is -3.14. The fraction of sp³-hybridized carbons (Fsp3) is 0.517. The number of ether oxygens (including phenoxy) is 1. The summed E-state index contributed by atoms with van der Waals surface area (Å²) in [7, 11) is 1.62. The van der Waals surface area contributed by atoms with Crippen LogP contribution >= 0.6 is 11.8 Å². The maximum absolute atomic E-state index is 14.2. The minimum Gasteiger partial charge on any atom is -0.497 e. The number of amides is 1. The number of aromatic nitrogens is 3. The van der Waals surface area contributed by atoms with Crippen LogP contribution in [-0.4, -0.2) is 44.7 Å². The summed E-state index contributed by atoms with van der Waals surface area (Å²) < 4.78 is 22.4. The summed E-state index contributed by atoms with van der Waals surface area (Å²) in [6.07, 6.45) is 6.84. The van der Waals surface area contributed by atoms with Crippen molar-refractivity contribution in [2.45, 2.75) is 74.9 Å². The van der Waals surface area contributed by atoms with Gasteiger partial charge in [-0.3, -0.25) is 18.7 Å². The largest absolute Gasteiger partial charge is 0.497 e. The highest BCUT2D eigenvalue weighted by Gasteiger charge is 2.51. The van der Waals surface area contributed by atoms with Gasteiger partial charge in [-0.1, -0.05) is 12.1 Å². The number of thioether (sulfide) groups is 1. The third-order valence-corrected chi connectivity index (χ3v) is 9.75. The van der Waals surface area contributed by atoms with Gasteiger partial charge in [0.05, 0.1) is 24.1 Å². The van der Waals surface area contributed by atoms with Crippen molar-refractivity contribution in [1.29, 1.82) is 0 Å². The molecule has 0 radical (unpaired) electrons. The molecule has 1 amide bonds. The Kier molecular flexibility index (Phi) is 6.99. The first-order chi connectivity index (χ1) is 18.9. The molecule has 3 heterocycles. The van der Waals surface area contributed by atoms with E-state index in [1.807, 2.05) is 36.0 Å². The first kappa shape index (κ1) is 26.1. The Balaban J connectivity index is 1.22. The minimum absolute atomic E-state index is 0.0164. The number of hydrogen-bond acceptors (Lipinski definition) is 6. The number of methoxy groups -OCH3 is 1. The molecular weight excluding hydrogens is 519 g/mol. The molecule has 2 aliphatic carbocycles. The Morgan fingerprint density at radius 3 is 2.33 bits per heavy atom. The monoisotopic (exact) mass is 552 g/mol. The molecule has 0 bridgehead atoms. The first-order valence-corrected chi connectivity index (χ1v) is 14.9. The van der Waals surface area contributed by atoms with E-state index in [2.05, 4.69) is 10.3 Å². The zero-order chi connectivity index (χ0) is 27.1. The minimum atomic E-state index is -0.590. The molecule has 2 saturated carbocycles. The number of benzene rings is 1. The fourth-order valence-corrected chi connectivity index (χ4v) is 7.36. The highest BCUT2D eigenvalue weighted by atomic mass is 32.2. The van der Waals surface area contributed by atoms with Crippen molar-refractivity contribution in [3.05, 3.63) is 68.7 Å². The van der Waals surface area contributed by atoms with Gasteiger partial charge in [0.2, 0.25) is 5.91 Å². The molecule has 10 heteroatoms. The maximum atomic E-state index is 14.2. The van der Waals surface area contributed by atoms with E-state index in [1.165, 1.54) is 10.6 Å². The molecule has 0 spiro atoms. The molecule has 1 aliphatic heterocycles. The van der Waals surface area contributed by atoms with Crippen LogP contribution in [0.5, 0.6) is 5.75 Å². The molecule has 3 fully saturated rings. The third kappa shape index (κ3) is 4.77. The van der Waals surface area contributed by atoms with E-state index in [0.717, 1.165) is 54.7 Å². The number of fused-ring (bicyclic) bond motifs is 1. The molecule has 3 aliphatic rings. The van der Waals surface area contributed by atoms with Crippen molar-refractivity contribution < 1.29 is 13.9 Å². The highest BCUT2D eigenvalue weighted by Crippen LogP contribution is 2.49. The molecule has 6 rings (SSSR count). The van der Waals surface area contributed by atoms with Crippen LogP contribution < -0.4 is 21.3 Å². The van der Waals surface area contributed by atoms with Gasteiger partial charge in [-0.05, 0) is 86.6 Å². The van der Waals surface area contributed by atoms with Gasteiger partial charge in [0.1, 0.15) is 17.2 Å². The van der Waals surface area contributed by atoms with Crippen LogP contribution in [0.3, 0.4) is 0 Å². The number of carbonyl (C=O) groups excluding carboxylic acids is 1. The summed E-state index contributed by atoms with van der Waals surface area (Å²) in [6.45, 7) is 0. The summed E-state index contributed by atoms with van der Waals surface area (Å²) in [6, 6.07) is 8.52. The number of pyridine rings is 1. The van der Waals surface area contributed by atoms with Gasteiger partial charge in [0.15, 0.2) is 0 Å². The lowest BCUT2D eigenvalue weighted by atomic mass is 9.89. The van der Waals surface area contributed by atoms with Crippen LogP contribution in [0.2, 0.25) is 0 Å². The maximum Gasteiger partial charge on any atom is 0.333 e. The summed E-state index contributed by atoms with van der Waals surface area (Å²) in [4.78, 5) is 44.8. The van der Waals surface area contributed by atoms with E-state index < -0.39 is 16.8 Å². The molecule has 0 atom stereocenters. The molecule has 39 heavy (non-hydrogen) atoms. The Bertz CT molecular complexity index is 1500. The smallest absolute Gasteiger partial charge is 0.333 e. The summed E-state index contributed by atoms with van der Waals surface area (Å²) in [5, 5.41) is 3.40. The average Bonchev–Trinajstić information content (AvgIpc) is 3.77. The Labute approximate surface area is 230 Å². The summed E-state index contributed by atoms with van der Waals surface area (Å²) in [5.74, 6) is 2.08. The second-order valence-corrected chi connectivity index (χ2v) is 12.2. The van der Waals surface area contributed by atoms with Crippen molar-refractivity contribution in [3.8, 4) is 5.75 Å². The fourth-order valence-electron chi connectivity index (χ4n) is 6.28. The van der Waals surface area contributed by atoms with Gasteiger partial charge < -0.3 is 10.1 Å². The van der Waals surface area contributed by atoms with E-state index in [4.69, 9.17) is 4.74 Å². The van der Waals surface area contributed by atoms with Crippen molar-refractivity contribution >= 4 is 28.7 Å². The quantitative estimate of drug-likeness (QED) is 0.495. The zero-order valence-corrected chi connectivity index (χ0v) is 22.8. The van der Waals surface area contributed by atoms with Gasteiger partial charge >= 0.3 is 5.69 Å². The lowest BCUT2D eigenvalue weighted by molar-refractivity contribution is -0.124. The standard InChI is InChI=1S/C29H33FN4O4S/c1-38-23-8-2-18(3-9-23)29(12-13-29)27(36)32-20-4-6-21(7-5-20)34-26(35)24-16-19(30)17-31-25(24)33(28(34)37)22-10-14-39-15-11-22/h2-3,8-9,16-17,20-22H,4-7,10-15H2,1H3,(H,32,36). The Morgan fingerprint density at radius 2 is 1.69 bits per heavy atom. The highest BCUT2D eigenvalue weighted by molar-refractivity contribution is 7.99. The number of halogens is 1. The SMILES string of the molecule is COc1ccc(C2(C(=O)NC3CCC(n4c(=O)c5cc(F)cnc5n(C5CCSCC5)c4=O)CC3)CC2)cc1. The average molecular weight is 553 g/mol. The van der Waals surface area contributed by atoms with Crippen molar-refractivity contribution in [2.75, 3.05) is 18.6 Å². The Morgan fingerprint density at radius 1 is 1.03 bits per heavy atom. The van der Waals surface area contributed by atoms with Crippen LogP contribution in [0.25, 0.3) is 11.0 Å². The molecule has 3 aromatic rings. The molecule has 1 aromatic carbocycles. The number of nitrogens with one attached hydrogen (secondary N) is 1. The van der Waals surface area contributed by atoms with E-state index in [0.29, 0.717) is 25.7 Å². The molecule has 1 saturated heterocycles. The van der Waals surface area contributed by atoms with Crippen LogP contribution in [0.15, 0.2) is 46.1 Å². The van der Waals surface area contributed by atoms with E-state index in [1.54, 1.807) is 11.7 Å². The molecule has 8 nitrogen and oxygen atoms in total. The second-order valence-electron chi connectivity index (χ2n) is 11.0. The lowest BCUT2D eigenvalue weighted by Gasteiger charge is -2.32. The van der Waals surface area contributed by atoms with E-state index in [9.17, 15) is 18.8 Å². The van der Waals surface area contributed by atoms with Gasteiger partial charge in [-0.25, -0.2) is 14.2 Å². The number of hydrogen-bond donors (Lipinski definition) is 1. The van der Waals surface area contributed by atoms with E-state index in [-0.39, 0.29) is 40.8 Å². The predicted molar refractivity (Wildman–Crippen MR) is 149 cm³/mol. The number of rotatable bonds is 6. The molecule has 2 aromatic heterocycles. The van der Waals surface area contributed by atoms with E-state index >= 15 is 0 Å². The lowest BCUT2D eigenvalue weighted by Crippen LogP contribution is -2.47. The third-order valence-electron chi connectivity index (χ3n) is 8.70. The normalized spacial score (nSPS) is 22.9. The number of nitrogens with zero attached hydrogens (tertiary/aromatic N) is 3. The molecule has 0 unspecified atom stereocenters. The van der Waals surface area contributed by atoms with Gasteiger partial charge in [-0.15, -0.1) is 0 Å². The van der Waals surface area contributed by atoms with Gasteiger partial charge in [0.25, 0.3) is 5.56 Å². The second kappa shape index (κ2) is 10.4. The topological polar surface area (TPSA) is 95.2 Å². The number of carbonyl (C=O) groups is 1. The van der Waals surface area contributed by atoms with Gasteiger partial charge in [0, 0.05) is 18.1 Å². The summed E-state index contributed by atoms with van der Waals surface area (Å²) in [5.41, 5.74) is -0.0464.